The van der Waals surface area contributed by atoms with Gasteiger partial charge >= 0.3 is 5.97 Å². The van der Waals surface area contributed by atoms with Gasteiger partial charge in [-0.3, -0.25) is 0 Å². The lowest BCUT2D eigenvalue weighted by atomic mass is 10.1. The Balaban J connectivity index is 2.56. The highest BCUT2D eigenvalue weighted by Gasteiger charge is 2.17. The van der Waals surface area contributed by atoms with Crippen LogP contribution in [0.5, 0.6) is 0 Å². The fourth-order valence-corrected chi connectivity index (χ4v) is 1.87. The molecular formula is C13H14N4O2. The second-order valence-corrected chi connectivity index (χ2v) is 4.47. The number of carbonyl (C=O) groups excluding carboxylic acids is 1. The predicted octanol–water partition coefficient (Wildman–Crippen LogP) is 2.00. The number of pyridine rings is 1. The van der Waals surface area contributed by atoms with Gasteiger partial charge in [0.25, 0.3) is 0 Å². The van der Waals surface area contributed by atoms with Crippen LogP contribution in [0.1, 0.15) is 35.9 Å². The first-order valence-electron chi connectivity index (χ1n) is 5.93. The van der Waals surface area contributed by atoms with E-state index < -0.39 is 5.97 Å². The van der Waals surface area contributed by atoms with Crippen molar-refractivity contribution in [3.63, 3.8) is 0 Å². The van der Waals surface area contributed by atoms with Gasteiger partial charge in [-0.2, -0.15) is 10.4 Å². The van der Waals surface area contributed by atoms with Gasteiger partial charge in [-0.15, -0.1) is 0 Å². The summed E-state index contributed by atoms with van der Waals surface area (Å²) in [6.45, 7) is 5.52. The topological polar surface area (TPSA) is 80.8 Å². The highest BCUT2D eigenvalue weighted by molar-refractivity contribution is 6.02. The molecule has 0 N–H and O–H groups in total. The Morgan fingerprint density at radius 3 is 2.95 bits per heavy atom. The fourth-order valence-electron chi connectivity index (χ4n) is 1.87. The molecule has 2 aromatic heterocycles. The minimum absolute atomic E-state index is 0.148. The van der Waals surface area contributed by atoms with Gasteiger partial charge in [-0.1, -0.05) is 0 Å². The Morgan fingerprint density at radius 1 is 1.58 bits per heavy atom. The van der Waals surface area contributed by atoms with Crippen LogP contribution in [0.2, 0.25) is 0 Å². The van der Waals surface area contributed by atoms with Gasteiger partial charge in [-0.25, -0.2) is 14.5 Å². The van der Waals surface area contributed by atoms with E-state index in [1.807, 2.05) is 13.8 Å². The van der Waals surface area contributed by atoms with Gasteiger partial charge in [0.2, 0.25) is 0 Å². The van der Waals surface area contributed by atoms with Crippen molar-refractivity contribution in [1.82, 2.24) is 14.8 Å². The lowest BCUT2D eigenvalue weighted by Crippen LogP contribution is -2.08. The molecule has 0 saturated carbocycles. The molecule has 0 radical (unpaired) electrons. The number of fused-ring (bicyclic) bond motifs is 1. The molecule has 0 bridgehead atoms. The second-order valence-electron chi connectivity index (χ2n) is 4.47. The summed E-state index contributed by atoms with van der Waals surface area (Å²) in [5, 5.41) is 13.3. The first-order valence-corrected chi connectivity index (χ1v) is 5.93. The molecule has 0 fully saturated rings. The standard InChI is InChI=1S/C13H14N4O2/c1-8(2)17-12-11(7-15-17)10(6-9(3)16-12)13(18)19-5-4-14/h6-8H,5H2,1-3H3. The van der Waals surface area contributed by atoms with Crippen LogP contribution in [-0.2, 0) is 4.74 Å². The second kappa shape index (κ2) is 5.06. The van der Waals surface area contributed by atoms with E-state index in [4.69, 9.17) is 10.00 Å². The summed E-state index contributed by atoms with van der Waals surface area (Å²) in [4.78, 5) is 16.3. The van der Waals surface area contributed by atoms with Crippen LogP contribution in [0.15, 0.2) is 12.3 Å². The average molecular weight is 258 g/mol. The smallest absolute Gasteiger partial charge is 0.340 e. The van der Waals surface area contributed by atoms with Crippen molar-refractivity contribution < 1.29 is 9.53 Å². The highest BCUT2D eigenvalue weighted by Crippen LogP contribution is 2.21. The summed E-state index contributed by atoms with van der Waals surface area (Å²) in [6, 6.07) is 3.57. The number of ether oxygens (including phenoxy) is 1. The lowest BCUT2D eigenvalue weighted by Gasteiger charge is -2.08. The third-order valence-corrected chi connectivity index (χ3v) is 2.67. The molecule has 2 rings (SSSR count). The van der Waals surface area contributed by atoms with E-state index in [2.05, 4.69) is 10.1 Å². The molecule has 2 heterocycles. The Labute approximate surface area is 110 Å². The van der Waals surface area contributed by atoms with Crippen molar-refractivity contribution in [2.75, 3.05) is 6.61 Å². The zero-order valence-corrected chi connectivity index (χ0v) is 11.0. The number of nitrogens with zero attached hydrogens (tertiary/aromatic N) is 4. The summed E-state index contributed by atoms with van der Waals surface area (Å²) >= 11 is 0. The van der Waals surface area contributed by atoms with Gasteiger partial charge in [0.05, 0.1) is 17.1 Å². The van der Waals surface area contributed by atoms with E-state index >= 15 is 0 Å². The summed E-state index contributed by atoms with van der Waals surface area (Å²) in [6.07, 6.45) is 1.60. The van der Waals surface area contributed by atoms with Crippen LogP contribution in [-0.4, -0.2) is 27.3 Å². The Bertz CT molecular complexity index is 667. The monoisotopic (exact) mass is 258 g/mol. The van der Waals surface area contributed by atoms with E-state index in [1.165, 1.54) is 0 Å². The summed E-state index contributed by atoms with van der Waals surface area (Å²) in [5.74, 6) is -0.527. The maximum atomic E-state index is 11.9. The fraction of sp³-hybridized carbons (Fsp3) is 0.385. The number of nitriles is 1. The number of hydrogen-bond donors (Lipinski definition) is 0. The van der Waals surface area contributed by atoms with Gasteiger partial charge in [0, 0.05) is 11.7 Å². The Hall–Kier alpha value is -2.42. The molecule has 0 atom stereocenters. The van der Waals surface area contributed by atoms with Crippen LogP contribution >= 0.6 is 0 Å². The van der Waals surface area contributed by atoms with E-state index in [1.54, 1.807) is 29.9 Å². The maximum Gasteiger partial charge on any atom is 0.340 e. The third kappa shape index (κ3) is 2.40. The van der Waals surface area contributed by atoms with Crippen LogP contribution in [0.4, 0.5) is 0 Å². The first kappa shape index (κ1) is 13.0. The van der Waals surface area contributed by atoms with Crippen molar-refractivity contribution in [1.29, 1.82) is 5.26 Å². The van der Waals surface area contributed by atoms with Crippen molar-refractivity contribution in [2.45, 2.75) is 26.8 Å². The largest absolute Gasteiger partial charge is 0.447 e. The third-order valence-electron chi connectivity index (χ3n) is 2.67. The zero-order valence-electron chi connectivity index (χ0n) is 11.0. The molecular weight excluding hydrogens is 244 g/mol. The number of rotatable bonds is 3. The average Bonchev–Trinajstić information content (AvgIpc) is 2.78. The van der Waals surface area contributed by atoms with Crippen molar-refractivity contribution >= 4 is 17.0 Å². The molecule has 0 aliphatic rings. The zero-order chi connectivity index (χ0) is 14.0. The number of esters is 1. The minimum atomic E-state index is -0.527. The van der Waals surface area contributed by atoms with Gasteiger partial charge in [0.15, 0.2) is 12.3 Å². The molecule has 6 nitrogen and oxygen atoms in total. The SMILES string of the molecule is Cc1cc(C(=O)OCC#N)c2cnn(C(C)C)c2n1. The molecule has 98 valence electrons. The molecule has 2 aromatic rings. The number of hydrogen-bond acceptors (Lipinski definition) is 5. The minimum Gasteiger partial charge on any atom is -0.447 e. The molecule has 0 aliphatic carbocycles. The Kier molecular flexibility index (Phi) is 3.47. The van der Waals surface area contributed by atoms with Crippen LogP contribution in [0.25, 0.3) is 11.0 Å². The number of carbonyl (C=O) groups is 1. The van der Waals surface area contributed by atoms with Crippen molar-refractivity contribution in [3.05, 3.63) is 23.5 Å². The van der Waals surface area contributed by atoms with Crippen LogP contribution in [0.3, 0.4) is 0 Å². The number of aromatic nitrogens is 3. The summed E-state index contributed by atoms with van der Waals surface area (Å²) in [7, 11) is 0. The predicted molar refractivity (Wildman–Crippen MR) is 68.5 cm³/mol. The van der Waals surface area contributed by atoms with Crippen LogP contribution < -0.4 is 0 Å². The maximum absolute atomic E-state index is 11.9. The van der Waals surface area contributed by atoms with Crippen molar-refractivity contribution in [2.24, 2.45) is 0 Å². The summed E-state index contributed by atoms with van der Waals surface area (Å²) in [5.41, 5.74) is 1.75. The Morgan fingerprint density at radius 2 is 2.32 bits per heavy atom. The van der Waals surface area contributed by atoms with Crippen molar-refractivity contribution in [3.8, 4) is 6.07 Å². The van der Waals surface area contributed by atoms with Crippen LogP contribution in [0, 0.1) is 18.3 Å². The molecule has 0 aromatic carbocycles. The highest BCUT2D eigenvalue weighted by atomic mass is 16.5. The van der Waals surface area contributed by atoms with Gasteiger partial charge in [0.1, 0.15) is 6.07 Å². The van der Waals surface area contributed by atoms with E-state index in [0.717, 1.165) is 0 Å². The molecule has 0 aliphatic heterocycles. The summed E-state index contributed by atoms with van der Waals surface area (Å²) < 4.78 is 6.60. The molecule has 19 heavy (non-hydrogen) atoms. The molecule has 6 heteroatoms. The van der Waals surface area contributed by atoms with E-state index in [-0.39, 0.29) is 12.6 Å². The first-order chi connectivity index (χ1) is 9.04. The molecule has 0 amide bonds. The molecule has 0 unspecified atom stereocenters. The lowest BCUT2D eigenvalue weighted by molar-refractivity contribution is 0.0557. The van der Waals surface area contributed by atoms with E-state index in [0.29, 0.717) is 22.3 Å². The quantitative estimate of drug-likeness (QED) is 0.786. The molecule has 0 spiro atoms. The van der Waals surface area contributed by atoms with E-state index in [9.17, 15) is 4.79 Å². The normalized spacial score (nSPS) is 10.7. The molecule has 0 saturated heterocycles. The van der Waals surface area contributed by atoms with Gasteiger partial charge < -0.3 is 4.74 Å². The van der Waals surface area contributed by atoms with Gasteiger partial charge in [-0.05, 0) is 26.8 Å². The number of aryl methyl sites for hydroxylation is 1.